The molecular formula is C25H18O5. The van der Waals surface area contributed by atoms with Gasteiger partial charge in [0.1, 0.15) is 22.8 Å². The molecule has 0 bridgehead atoms. The van der Waals surface area contributed by atoms with E-state index in [2.05, 4.69) is 0 Å². The highest BCUT2D eigenvalue weighted by Gasteiger charge is 2.10. The lowest BCUT2D eigenvalue weighted by atomic mass is 10.1. The highest BCUT2D eigenvalue weighted by atomic mass is 16.5. The molecule has 0 aliphatic heterocycles. The molecule has 4 aromatic rings. The summed E-state index contributed by atoms with van der Waals surface area (Å²) < 4.78 is 16.3. The second-order valence-electron chi connectivity index (χ2n) is 6.53. The van der Waals surface area contributed by atoms with Crippen LogP contribution in [0.3, 0.4) is 0 Å². The zero-order chi connectivity index (χ0) is 20.9. The number of hydrogen-bond donors (Lipinski definition) is 0. The number of ether oxygens (including phenoxy) is 2. The van der Waals surface area contributed by atoms with E-state index in [0.29, 0.717) is 16.7 Å². The molecule has 0 unspecified atom stereocenters. The SMILES string of the molecule is COc1ccc(-c2cc(=O)c3cc(OC(=O)C=Cc4ccccc4)ccc3o2)cc1. The summed E-state index contributed by atoms with van der Waals surface area (Å²) in [6.45, 7) is 0. The van der Waals surface area contributed by atoms with Gasteiger partial charge in [-0.25, -0.2) is 4.79 Å². The summed E-state index contributed by atoms with van der Waals surface area (Å²) in [7, 11) is 1.59. The molecule has 0 atom stereocenters. The van der Waals surface area contributed by atoms with Crippen LogP contribution in [-0.4, -0.2) is 13.1 Å². The summed E-state index contributed by atoms with van der Waals surface area (Å²) in [6.07, 6.45) is 3.01. The van der Waals surface area contributed by atoms with Crippen LogP contribution in [0, 0.1) is 0 Å². The van der Waals surface area contributed by atoms with E-state index in [1.165, 1.54) is 18.2 Å². The van der Waals surface area contributed by atoms with Gasteiger partial charge < -0.3 is 13.9 Å². The standard InChI is InChI=1S/C25H18O5/c1-28-19-10-8-18(9-11-19)24-16-22(26)21-15-20(12-13-23(21)30-24)29-25(27)14-7-17-5-3-2-4-6-17/h2-16H,1H3. The van der Waals surface area contributed by atoms with Crippen molar-refractivity contribution < 1.29 is 18.7 Å². The van der Waals surface area contributed by atoms with E-state index in [-0.39, 0.29) is 11.2 Å². The molecule has 0 N–H and O–H groups in total. The van der Waals surface area contributed by atoms with Crippen LogP contribution >= 0.6 is 0 Å². The maximum atomic E-state index is 12.6. The Morgan fingerprint density at radius 3 is 2.37 bits per heavy atom. The molecule has 1 heterocycles. The van der Waals surface area contributed by atoms with E-state index >= 15 is 0 Å². The minimum Gasteiger partial charge on any atom is -0.497 e. The van der Waals surface area contributed by atoms with E-state index in [0.717, 1.165) is 16.9 Å². The van der Waals surface area contributed by atoms with Gasteiger partial charge in [0.2, 0.25) is 0 Å². The van der Waals surface area contributed by atoms with Gasteiger partial charge in [0.25, 0.3) is 0 Å². The second kappa shape index (κ2) is 8.49. The topological polar surface area (TPSA) is 65.7 Å². The lowest BCUT2D eigenvalue weighted by molar-refractivity contribution is -0.128. The van der Waals surface area contributed by atoms with Crippen LogP contribution in [-0.2, 0) is 4.79 Å². The molecule has 30 heavy (non-hydrogen) atoms. The molecule has 0 radical (unpaired) electrons. The lowest BCUT2D eigenvalue weighted by Crippen LogP contribution is -2.05. The van der Waals surface area contributed by atoms with Crippen LogP contribution in [0.15, 0.2) is 94.2 Å². The molecule has 5 heteroatoms. The Morgan fingerprint density at radius 2 is 1.63 bits per heavy atom. The number of rotatable bonds is 5. The quantitative estimate of drug-likeness (QED) is 0.266. The summed E-state index contributed by atoms with van der Waals surface area (Å²) >= 11 is 0. The van der Waals surface area contributed by atoms with Gasteiger partial charge in [-0.2, -0.15) is 0 Å². The Hall–Kier alpha value is -4.12. The summed E-state index contributed by atoms with van der Waals surface area (Å²) in [4.78, 5) is 24.7. The number of carbonyl (C=O) groups is 1. The van der Waals surface area contributed by atoms with Crippen molar-refractivity contribution in [2.75, 3.05) is 7.11 Å². The van der Waals surface area contributed by atoms with Crippen LogP contribution in [0.25, 0.3) is 28.4 Å². The first-order chi connectivity index (χ1) is 14.6. The first-order valence-electron chi connectivity index (χ1n) is 9.30. The maximum absolute atomic E-state index is 12.6. The van der Waals surface area contributed by atoms with Crippen molar-refractivity contribution in [2.45, 2.75) is 0 Å². The molecule has 0 aliphatic carbocycles. The van der Waals surface area contributed by atoms with Gasteiger partial charge in [0.15, 0.2) is 5.43 Å². The molecule has 0 spiro atoms. The van der Waals surface area contributed by atoms with E-state index in [9.17, 15) is 9.59 Å². The van der Waals surface area contributed by atoms with Crippen molar-refractivity contribution in [1.82, 2.24) is 0 Å². The fraction of sp³-hybridized carbons (Fsp3) is 0.0400. The Kier molecular flexibility index (Phi) is 5.44. The van der Waals surface area contributed by atoms with Crippen molar-refractivity contribution in [3.05, 3.63) is 101 Å². The van der Waals surface area contributed by atoms with Gasteiger partial charge in [-0.3, -0.25) is 4.79 Å². The largest absolute Gasteiger partial charge is 0.497 e. The minimum absolute atomic E-state index is 0.222. The summed E-state index contributed by atoms with van der Waals surface area (Å²) in [5.74, 6) is 0.910. The average molecular weight is 398 g/mol. The van der Waals surface area contributed by atoms with Gasteiger partial charge in [0, 0.05) is 17.7 Å². The Balaban J connectivity index is 1.57. The summed E-state index contributed by atoms with van der Waals surface area (Å²) in [5.41, 5.74) is 1.84. The fourth-order valence-electron chi connectivity index (χ4n) is 2.98. The third-order valence-electron chi connectivity index (χ3n) is 4.50. The molecule has 0 aliphatic rings. The van der Waals surface area contributed by atoms with E-state index in [1.54, 1.807) is 37.5 Å². The molecule has 0 amide bonds. The lowest BCUT2D eigenvalue weighted by Gasteiger charge is -2.06. The van der Waals surface area contributed by atoms with Crippen molar-refractivity contribution in [1.29, 1.82) is 0 Å². The molecule has 148 valence electrons. The van der Waals surface area contributed by atoms with Crippen LogP contribution in [0.1, 0.15) is 5.56 Å². The molecular weight excluding hydrogens is 380 g/mol. The minimum atomic E-state index is -0.530. The number of fused-ring (bicyclic) bond motifs is 1. The van der Waals surface area contributed by atoms with E-state index in [4.69, 9.17) is 13.9 Å². The van der Waals surface area contributed by atoms with Crippen molar-refractivity contribution in [3.63, 3.8) is 0 Å². The predicted molar refractivity (Wildman–Crippen MR) is 116 cm³/mol. The number of methoxy groups -OCH3 is 1. The molecule has 3 aromatic carbocycles. The number of carbonyl (C=O) groups excluding carboxylic acids is 1. The highest BCUT2D eigenvalue weighted by molar-refractivity contribution is 5.89. The predicted octanol–water partition coefficient (Wildman–Crippen LogP) is 5.09. The van der Waals surface area contributed by atoms with Crippen LogP contribution in [0.4, 0.5) is 0 Å². The van der Waals surface area contributed by atoms with Crippen LogP contribution in [0.5, 0.6) is 11.5 Å². The first kappa shape index (κ1) is 19.2. The summed E-state index contributed by atoms with van der Waals surface area (Å²) in [6, 6.07) is 22.8. The average Bonchev–Trinajstić information content (AvgIpc) is 2.79. The Bertz CT molecular complexity index is 1270. The van der Waals surface area contributed by atoms with E-state index in [1.807, 2.05) is 42.5 Å². The molecule has 5 nitrogen and oxygen atoms in total. The fourth-order valence-corrected chi connectivity index (χ4v) is 2.98. The molecule has 4 rings (SSSR count). The van der Waals surface area contributed by atoms with Crippen molar-refractivity contribution in [2.24, 2.45) is 0 Å². The van der Waals surface area contributed by atoms with Crippen LogP contribution < -0.4 is 14.9 Å². The number of benzene rings is 3. The Morgan fingerprint density at radius 1 is 0.900 bits per heavy atom. The Labute approximate surface area is 172 Å². The molecule has 1 aromatic heterocycles. The van der Waals surface area contributed by atoms with Gasteiger partial charge in [-0.1, -0.05) is 30.3 Å². The van der Waals surface area contributed by atoms with Gasteiger partial charge in [0.05, 0.1) is 12.5 Å². The van der Waals surface area contributed by atoms with E-state index < -0.39 is 5.97 Å². The molecule has 0 fully saturated rings. The van der Waals surface area contributed by atoms with Crippen molar-refractivity contribution in [3.8, 4) is 22.8 Å². The summed E-state index contributed by atoms with van der Waals surface area (Å²) in [5, 5.41) is 0.338. The first-order valence-corrected chi connectivity index (χ1v) is 9.30. The molecule has 0 saturated heterocycles. The smallest absolute Gasteiger partial charge is 0.336 e. The normalized spacial score (nSPS) is 11.0. The zero-order valence-electron chi connectivity index (χ0n) is 16.2. The third kappa shape index (κ3) is 4.31. The number of hydrogen-bond acceptors (Lipinski definition) is 5. The highest BCUT2D eigenvalue weighted by Crippen LogP contribution is 2.26. The zero-order valence-corrected chi connectivity index (χ0v) is 16.2. The van der Waals surface area contributed by atoms with Crippen LogP contribution in [0.2, 0.25) is 0 Å². The third-order valence-corrected chi connectivity index (χ3v) is 4.50. The van der Waals surface area contributed by atoms with Gasteiger partial charge >= 0.3 is 5.97 Å². The number of esters is 1. The van der Waals surface area contributed by atoms with Crippen molar-refractivity contribution >= 4 is 23.0 Å². The monoisotopic (exact) mass is 398 g/mol. The van der Waals surface area contributed by atoms with Gasteiger partial charge in [-0.15, -0.1) is 0 Å². The van der Waals surface area contributed by atoms with Gasteiger partial charge in [-0.05, 0) is 54.1 Å². The second-order valence-corrected chi connectivity index (χ2v) is 6.53. The maximum Gasteiger partial charge on any atom is 0.336 e. The molecule has 0 saturated carbocycles.